The zero-order valence-corrected chi connectivity index (χ0v) is 10.8. The number of hydrogen-bond donors (Lipinski definition) is 0. The van der Waals surface area contributed by atoms with Gasteiger partial charge in [0.1, 0.15) is 5.78 Å². The van der Waals surface area contributed by atoms with Gasteiger partial charge in [-0.25, -0.2) is 0 Å². The number of carbonyl (C=O) groups is 2. The Hall–Kier alpha value is -0.860. The fraction of sp³-hybridized carbons (Fsp3) is 0.846. The fourth-order valence-corrected chi connectivity index (χ4v) is 1.58. The molecular formula is C13H24O3. The lowest BCUT2D eigenvalue weighted by Crippen LogP contribution is -2.15. The van der Waals surface area contributed by atoms with Crippen molar-refractivity contribution in [1.29, 1.82) is 0 Å². The summed E-state index contributed by atoms with van der Waals surface area (Å²) in [5.41, 5.74) is 0. The largest absolute Gasteiger partial charge is 0.466 e. The first-order valence-electron chi connectivity index (χ1n) is 6.33. The minimum atomic E-state index is -0.243. The van der Waals surface area contributed by atoms with E-state index in [1.165, 1.54) is 0 Å². The summed E-state index contributed by atoms with van der Waals surface area (Å²) in [7, 11) is 0. The van der Waals surface area contributed by atoms with Crippen molar-refractivity contribution < 1.29 is 14.3 Å². The van der Waals surface area contributed by atoms with Crippen molar-refractivity contribution in [3.63, 3.8) is 0 Å². The Labute approximate surface area is 98.6 Å². The highest BCUT2D eigenvalue weighted by molar-refractivity contribution is 5.84. The van der Waals surface area contributed by atoms with Gasteiger partial charge in [0.25, 0.3) is 0 Å². The molecular weight excluding hydrogens is 204 g/mol. The highest BCUT2D eigenvalue weighted by Crippen LogP contribution is 2.12. The van der Waals surface area contributed by atoms with Crippen LogP contribution in [0.25, 0.3) is 0 Å². The topological polar surface area (TPSA) is 43.4 Å². The fourth-order valence-electron chi connectivity index (χ4n) is 1.58. The van der Waals surface area contributed by atoms with Gasteiger partial charge in [-0.05, 0) is 19.3 Å². The molecule has 0 saturated heterocycles. The second kappa shape index (κ2) is 9.37. The normalized spacial score (nSPS) is 10.5. The van der Waals surface area contributed by atoms with Crippen LogP contribution in [0.4, 0.5) is 0 Å². The molecule has 0 spiro atoms. The molecule has 0 heterocycles. The van der Waals surface area contributed by atoms with Gasteiger partial charge in [0.2, 0.25) is 0 Å². The van der Waals surface area contributed by atoms with Crippen LogP contribution in [0.3, 0.4) is 0 Å². The predicted octanol–water partition coefficient (Wildman–Crippen LogP) is 3.12. The minimum absolute atomic E-state index is 0.114. The average molecular weight is 228 g/mol. The molecule has 0 aliphatic heterocycles. The third-order valence-electron chi connectivity index (χ3n) is 2.78. The lowest BCUT2D eigenvalue weighted by molar-refractivity contribution is -0.145. The van der Waals surface area contributed by atoms with Crippen LogP contribution in [0.2, 0.25) is 0 Å². The van der Waals surface area contributed by atoms with E-state index < -0.39 is 0 Å². The molecule has 94 valence electrons. The molecule has 0 aromatic rings. The molecule has 0 atom stereocenters. The smallest absolute Gasteiger partial charge is 0.306 e. The SMILES string of the molecule is CCCCOC(=O)CCC(=O)C(CC)CC. The molecule has 0 fully saturated rings. The Morgan fingerprint density at radius 1 is 1.06 bits per heavy atom. The van der Waals surface area contributed by atoms with E-state index in [4.69, 9.17) is 4.74 Å². The summed E-state index contributed by atoms with van der Waals surface area (Å²) < 4.78 is 4.99. The monoisotopic (exact) mass is 228 g/mol. The van der Waals surface area contributed by atoms with E-state index in [2.05, 4.69) is 0 Å². The first kappa shape index (κ1) is 15.1. The highest BCUT2D eigenvalue weighted by Gasteiger charge is 2.15. The Kier molecular flexibility index (Phi) is 8.87. The van der Waals surface area contributed by atoms with Gasteiger partial charge in [-0.15, -0.1) is 0 Å². The van der Waals surface area contributed by atoms with Crippen LogP contribution in [0.5, 0.6) is 0 Å². The maximum absolute atomic E-state index is 11.6. The van der Waals surface area contributed by atoms with Gasteiger partial charge in [-0.3, -0.25) is 9.59 Å². The average Bonchev–Trinajstić information content (AvgIpc) is 2.28. The number of unbranched alkanes of at least 4 members (excludes halogenated alkanes) is 1. The second-order valence-corrected chi connectivity index (χ2v) is 4.05. The van der Waals surface area contributed by atoms with Crippen molar-refractivity contribution in [3.8, 4) is 0 Å². The van der Waals surface area contributed by atoms with Crippen molar-refractivity contribution in [2.24, 2.45) is 5.92 Å². The van der Waals surface area contributed by atoms with E-state index in [0.717, 1.165) is 25.7 Å². The van der Waals surface area contributed by atoms with Crippen LogP contribution in [0, 0.1) is 5.92 Å². The maximum Gasteiger partial charge on any atom is 0.306 e. The van der Waals surface area contributed by atoms with Crippen LogP contribution in [-0.2, 0) is 14.3 Å². The number of ketones is 1. The minimum Gasteiger partial charge on any atom is -0.466 e. The first-order chi connectivity index (χ1) is 7.65. The number of esters is 1. The number of ether oxygens (including phenoxy) is 1. The van der Waals surface area contributed by atoms with E-state index in [1.54, 1.807) is 0 Å². The van der Waals surface area contributed by atoms with Gasteiger partial charge in [0.15, 0.2) is 0 Å². The molecule has 0 unspecified atom stereocenters. The quantitative estimate of drug-likeness (QED) is 0.450. The molecule has 0 aliphatic carbocycles. The third kappa shape index (κ3) is 6.59. The van der Waals surface area contributed by atoms with Crippen molar-refractivity contribution >= 4 is 11.8 Å². The summed E-state index contributed by atoms with van der Waals surface area (Å²) in [6.07, 6.45) is 4.20. The van der Waals surface area contributed by atoms with Crippen molar-refractivity contribution in [2.75, 3.05) is 6.61 Å². The maximum atomic E-state index is 11.6. The van der Waals surface area contributed by atoms with E-state index in [1.807, 2.05) is 20.8 Å². The molecule has 0 aromatic heterocycles. The summed E-state index contributed by atoms with van der Waals surface area (Å²) in [5.74, 6) is 0.0636. The molecule has 0 aliphatic rings. The van der Waals surface area contributed by atoms with Crippen molar-refractivity contribution in [1.82, 2.24) is 0 Å². The van der Waals surface area contributed by atoms with E-state index in [0.29, 0.717) is 13.0 Å². The molecule has 0 aromatic carbocycles. The zero-order valence-electron chi connectivity index (χ0n) is 10.8. The summed E-state index contributed by atoms with van der Waals surface area (Å²) in [5, 5.41) is 0. The van der Waals surface area contributed by atoms with E-state index in [-0.39, 0.29) is 24.1 Å². The Morgan fingerprint density at radius 2 is 1.69 bits per heavy atom. The Balaban J connectivity index is 3.70. The molecule has 0 N–H and O–H groups in total. The van der Waals surface area contributed by atoms with Crippen LogP contribution in [-0.4, -0.2) is 18.4 Å². The molecule has 0 bridgehead atoms. The van der Waals surface area contributed by atoms with Gasteiger partial charge < -0.3 is 4.74 Å². The van der Waals surface area contributed by atoms with Crippen LogP contribution >= 0.6 is 0 Å². The third-order valence-corrected chi connectivity index (χ3v) is 2.78. The standard InChI is InChI=1S/C13H24O3/c1-4-7-10-16-13(15)9-8-12(14)11(5-2)6-3/h11H,4-10H2,1-3H3. The Morgan fingerprint density at radius 3 is 2.19 bits per heavy atom. The summed E-state index contributed by atoms with van der Waals surface area (Å²) in [6.45, 7) is 6.54. The lowest BCUT2D eigenvalue weighted by atomic mass is 9.95. The molecule has 3 nitrogen and oxygen atoms in total. The molecule has 0 saturated carbocycles. The second-order valence-electron chi connectivity index (χ2n) is 4.05. The van der Waals surface area contributed by atoms with Gasteiger partial charge in [-0.1, -0.05) is 27.2 Å². The zero-order chi connectivity index (χ0) is 12.4. The summed E-state index contributed by atoms with van der Waals surface area (Å²) >= 11 is 0. The lowest BCUT2D eigenvalue weighted by Gasteiger charge is -2.10. The molecule has 16 heavy (non-hydrogen) atoms. The predicted molar refractivity (Wildman–Crippen MR) is 64.2 cm³/mol. The summed E-state index contributed by atoms with van der Waals surface area (Å²) in [6, 6.07) is 0. The first-order valence-corrected chi connectivity index (χ1v) is 6.33. The van der Waals surface area contributed by atoms with E-state index >= 15 is 0 Å². The molecule has 0 amide bonds. The van der Waals surface area contributed by atoms with Gasteiger partial charge in [0, 0.05) is 12.3 Å². The van der Waals surface area contributed by atoms with Crippen LogP contribution in [0.15, 0.2) is 0 Å². The van der Waals surface area contributed by atoms with Gasteiger partial charge >= 0.3 is 5.97 Å². The van der Waals surface area contributed by atoms with E-state index in [9.17, 15) is 9.59 Å². The highest BCUT2D eigenvalue weighted by atomic mass is 16.5. The summed E-state index contributed by atoms with van der Waals surface area (Å²) in [4.78, 5) is 22.9. The van der Waals surface area contributed by atoms with Gasteiger partial charge in [-0.2, -0.15) is 0 Å². The number of Topliss-reactive ketones (excluding diaryl/α,β-unsaturated/α-hetero) is 1. The van der Waals surface area contributed by atoms with Crippen molar-refractivity contribution in [3.05, 3.63) is 0 Å². The Bertz CT molecular complexity index is 207. The number of hydrogen-bond acceptors (Lipinski definition) is 3. The molecule has 0 radical (unpaired) electrons. The van der Waals surface area contributed by atoms with Crippen LogP contribution < -0.4 is 0 Å². The number of carbonyl (C=O) groups excluding carboxylic acids is 2. The van der Waals surface area contributed by atoms with Gasteiger partial charge in [0.05, 0.1) is 13.0 Å². The molecule has 0 rings (SSSR count). The van der Waals surface area contributed by atoms with Crippen LogP contribution in [0.1, 0.15) is 59.3 Å². The molecule has 3 heteroatoms. The number of rotatable bonds is 9. The van der Waals surface area contributed by atoms with Crippen molar-refractivity contribution in [2.45, 2.75) is 59.3 Å².